The number of fused-ring (bicyclic) bond motifs is 1. The predicted molar refractivity (Wildman–Crippen MR) is 84.6 cm³/mol. The van der Waals surface area contributed by atoms with Crippen molar-refractivity contribution in [3.63, 3.8) is 0 Å². The van der Waals surface area contributed by atoms with Crippen LogP contribution in [0.1, 0.15) is 6.42 Å². The van der Waals surface area contributed by atoms with E-state index in [0.29, 0.717) is 19.5 Å². The molecule has 3 rings (SSSR count). The quantitative estimate of drug-likeness (QED) is 0.860. The zero-order valence-corrected chi connectivity index (χ0v) is 12.7. The fourth-order valence-electron chi connectivity index (χ4n) is 2.68. The summed E-state index contributed by atoms with van der Waals surface area (Å²) >= 11 is 0. The van der Waals surface area contributed by atoms with Crippen molar-refractivity contribution in [3.8, 4) is 0 Å². The smallest absolute Gasteiger partial charge is 0.221 e. The van der Waals surface area contributed by atoms with Crippen molar-refractivity contribution < 1.29 is 9.53 Å². The number of aromatic nitrogens is 2. The first kappa shape index (κ1) is 15.0. The number of hydrogen-bond acceptors (Lipinski definition) is 4. The molecule has 22 heavy (non-hydrogen) atoms. The highest BCUT2D eigenvalue weighted by Crippen LogP contribution is 2.12. The minimum absolute atomic E-state index is 0.0767. The third-order valence-electron chi connectivity index (χ3n) is 3.96. The van der Waals surface area contributed by atoms with Crippen molar-refractivity contribution in [1.29, 1.82) is 0 Å². The van der Waals surface area contributed by atoms with Crippen molar-refractivity contribution in [2.45, 2.75) is 13.0 Å². The summed E-state index contributed by atoms with van der Waals surface area (Å²) in [4.78, 5) is 14.2. The summed E-state index contributed by atoms with van der Waals surface area (Å²) in [6, 6.07) is 8.04. The normalized spacial score (nSPS) is 16.0. The Morgan fingerprint density at radius 1 is 1.23 bits per heavy atom. The minimum Gasteiger partial charge on any atom is -0.379 e. The van der Waals surface area contributed by atoms with Crippen LogP contribution in [0, 0.1) is 0 Å². The Bertz CT molecular complexity index is 619. The molecule has 1 amide bonds. The number of rotatable bonds is 6. The first-order valence-electron chi connectivity index (χ1n) is 7.80. The molecule has 1 fully saturated rings. The topological polar surface area (TPSA) is 59.4 Å². The second-order valence-corrected chi connectivity index (χ2v) is 5.48. The lowest BCUT2D eigenvalue weighted by Crippen LogP contribution is -2.41. The number of aryl methyl sites for hydroxylation is 1. The van der Waals surface area contributed by atoms with E-state index in [1.165, 1.54) is 0 Å². The number of carbonyl (C=O) groups is 1. The zero-order valence-electron chi connectivity index (χ0n) is 12.7. The Morgan fingerprint density at radius 2 is 2.05 bits per heavy atom. The van der Waals surface area contributed by atoms with Gasteiger partial charge < -0.3 is 10.1 Å². The van der Waals surface area contributed by atoms with Crippen LogP contribution in [0.25, 0.3) is 10.9 Å². The molecule has 6 nitrogen and oxygen atoms in total. The first-order chi connectivity index (χ1) is 10.8. The highest BCUT2D eigenvalue weighted by atomic mass is 16.5. The molecule has 2 aromatic rings. The minimum atomic E-state index is 0.0767. The van der Waals surface area contributed by atoms with Gasteiger partial charge >= 0.3 is 0 Å². The molecule has 0 aliphatic carbocycles. The molecule has 1 N–H and O–H groups in total. The predicted octanol–water partition coefficient (Wildman–Crippen LogP) is 0.875. The van der Waals surface area contributed by atoms with Gasteiger partial charge in [-0.05, 0) is 6.07 Å². The van der Waals surface area contributed by atoms with E-state index in [9.17, 15) is 4.79 Å². The van der Waals surface area contributed by atoms with Crippen molar-refractivity contribution in [1.82, 2.24) is 20.0 Å². The fraction of sp³-hybridized carbons (Fsp3) is 0.500. The maximum atomic E-state index is 11.9. The summed E-state index contributed by atoms with van der Waals surface area (Å²) in [5, 5.41) is 8.42. The Labute approximate surface area is 130 Å². The molecule has 0 atom stereocenters. The van der Waals surface area contributed by atoms with Gasteiger partial charge in [-0.15, -0.1) is 0 Å². The Morgan fingerprint density at radius 3 is 2.91 bits per heavy atom. The van der Waals surface area contributed by atoms with E-state index in [2.05, 4.69) is 15.3 Å². The molecule has 1 aliphatic heterocycles. The third kappa shape index (κ3) is 3.84. The number of benzene rings is 1. The summed E-state index contributed by atoms with van der Waals surface area (Å²) in [6.45, 7) is 5.68. The van der Waals surface area contributed by atoms with Gasteiger partial charge in [0.1, 0.15) is 0 Å². The van der Waals surface area contributed by atoms with Crippen molar-refractivity contribution in [2.75, 3.05) is 39.4 Å². The van der Waals surface area contributed by atoms with Gasteiger partial charge in [-0.25, -0.2) is 0 Å². The van der Waals surface area contributed by atoms with Gasteiger partial charge in [0.05, 0.1) is 31.5 Å². The monoisotopic (exact) mass is 302 g/mol. The molecule has 1 aromatic heterocycles. The molecule has 1 aromatic carbocycles. The fourth-order valence-corrected chi connectivity index (χ4v) is 2.68. The Kier molecular flexibility index (Phi) is 5.03. The maximum absolute atomic E-state index is 11.9. The van der Waals surface area contributed by atoms with Crippen LogP contribution in [0.4, 0.5) is 0 Å². The van der Waals surface area contributed by atoms with Crippen molar-refractivity contribution in [2.24, 2.45) is 0 Å². The Balaban J connectivity index is 1.40. The number of nitrogens with zero attached hydrogens (tertiary/aromatic N) is 3. The molecule has 0 radical (unpaired) electrons. The van der Waals surface area contributed by atoms with Gasteiger partial charge in [0.15, 0.2) is 0 Å². The van der Waals surface area contributed by atoms with Crippen LogP contribution >= 0.6 is 0 Å². The molecular formula is C16H22N4O2. The molecule has 118 valence electrons. The third-order valence-corrected chi connectivity index (χ3v) is 3.96. The molecule has 6 heteroatoms. The maximum Gasteiger partial charge on any atom is 0.221 e. The van der Waals surface area contributed by atoms with Gasteiger partial charge in [-0.3, -0.25) is 14.4 Å². The lowest BCUT2D eigenvalue weighted by Gasteiger charge is -2.26. The summed E-state index contributed by atoms with van der Waals surface area (Å²) in [6.07, 6.45) is 2.29. The van der Waals surface area contributed by atoms with Gasteiger partial charge in [0, 0.05) is 38.0 Å². The number of carbonyl (C=O) groups excluding carboxylic acids is 1. The molecule has 1 aliphatic rings. The molecular weight excluding hydrogens is 280 g/mol. The second kappa shape index (κ2) is 7.38. The lowest BCUT2D eigenvalue weighted by molar-refractivity contribution is -0.121. The number of amides is 1. The average molecular weight is 302 g/mol. The summed E-state index contributed by atoms with van der Waals surface area (Å²) in [5.41, 5.74) is 1.07. The van der Waals surface area contributed by atoms with E-state index < -0.39 is 0 Å². The van der Waals surface area contributed by atoms with Crippen LogP contribution in [-0.2, 0) is 16.1 Å². The van der Waals surface area contributed by atoms with E-state index in [-0.39, 0.29) is 5.91 Å². The van der Waals surface area contributed by atoms with Gasteiger partial charge in [0.25, 0.3) is 0 Å². The molecule has 0 unspecified atom stereocenters. The van der Waals surface area contributed by atoms with Crippen LogP contribution < -0.4 is 5.32 Å². The lowest BCUT2D eigenvalue weighted by atomic mass is 10.2. The van der Waals surface area contributed by atoms with Gasteiger partial charge in [-0.2, -0.15) is 5.10 Å². The second-order valence-electron chi connectivity index (χ2n) is 5.48. The van der Waals surface area contributed by atoms with Crippen LogP contribution in [-0.4, -0.2) is 60.0 Å². The zero-order chi connectivity index (χ0) is 15.2. The number of para-hydroxylation sites is 1. The summed E-state index contributed by atoms with van der Waals surface area (Å²) in [5.74, 6) is 0.0767. The molecule has 0 spiro atoms. The van der Waals surface area contributed by atoms with E-state index in [4.69, 9.17) is 4.74 Å². The highest BCUT2D eigenvalue weighted by Gasteiger charge is 2.10. The molecule has 1 saturated heterocycles. The molecule has 0 saturated carbocycles. The number of morpholine rings is 1. The number of ether oxygens (including phenoxy) is 1. The number of hydrogen-bond donors (Lipinski definition) is 1. The standard InChI is InChI=1S/C16H22N4O2/c21-16(17-6-8-19-9-11-22-12-10-19)5-7-20-15-4-2-1-3-14(15)13-18-20/h1-4,13H,5-12H2,(H,17,21). The first-order valence-corrected chi connectivity index (χ1v) is 7.80. The summed E-state index contributed by atoms with van der Waals surface area (Å²) in [7, 11) is 0. The van der Waals surface area contributed by atoms with Crippen molar-refractivity contribution in [3.05, 3.63) is 30.5 Å². The molecule has 2 heterocycles. The van der Waals surface area contributed by atoms with E-state index >= 15 is 0 Å². The van der Waals surface area contributed by atoms with Gasteiger partial charge in [-0.1, -0.05) is 18.2 Å². The van der Waals surface area contributed by atoms with Crippen LogP contribution in [0.2, 0.25) is 0 Å². The van der Waals surface area contributed by atoms with E-state index in [1.807, 2.05) is 35.1 Å². The molecule has 0 bridgehead atoms. The van der Waals surface area contributed by atoms with Crippen molar-refractivity contribution >= 4 is 16.8 Å². The highest BCUT2D eigenvalue weighted by molar-refractivity contribution is 5.79. The largest absolute Gasteiger partial charge is 0.379 e. The van der Waals surface area contributed by atoms with Gasteiger partial charge in [0.2, 0.25) is 5.91 Å². The van der Waals surface area contributed by atoms with E-state index in [0.717, 1.165) is 43.8 Å². The number of nitrogens with one attached hydrogen (secondary N) is 1. The van der Waals surface area contributed by atoms with Crippen LogP contribution in [0.3, 0.4) is 0 Å². The SMILES string of the molecule is O=C(CCn1ncc2ccccc21)NCCN1CCOCC1. The van der Waals surface area contributed by atoms with E-state index in [1.54, 1.807) is 0 Å². The van der Waals surface area contributed by atoms with Crippen LogP contribution in [0.5, 0.6) is 0 Å². The summed E-state index contributed by atoms with van der Waals surface area (Å²) < 4.78 is 7.19. The average Bonchev–Trinajstić information content (AvgIpc) is 2.97. The Hall–Kier alpha value is -1.92. The van der Waals surface area contributed by atoms with Crippen LogP contribution in [0.15, 0.2) is 30.5 Å².